The summed E-state index contributed by atoms with van der Waals surface area (Å²) < 4.78 is 5.79. The predicted octanol–water partition coefficient (Wildman–Crippen LogP) is 1.55. The molecule has 2 heterocycles. The van der Waals surface area contributed by atoms with E-state index in [1.54, 1.807) is 0 Å². The molecule has 0 bridgehead atoms. The van der Waals surface area contributed by atoms with Crippen LogP contribution in [0.3, 0.4) is 0 Å². The summed E-state index contributed by atoms with van der Waals surface area (Å²) in [4.78, 5) is 5.24. The summed E-state index contributed by atoms with van der Waals surface area (Å²) in [6.45, 7) is 14.3. The second kappa shape index (κ2) is 7.21. The third-order valence-electron chi connectivity index (χ3n) is 4.91. The quantitative estimate of drug-likeness (QED) is 0.850. The molecule has 2 rings (SSSR count). The van der Waals surface area contributed by atoms with E-state index in [4.69, 9.17) is 10.5 Å². The molecule has 0 amide bonds. The molecule has 0 saturated carbocycles. The van der Waals surface area contributed by atoms with Crippen molar-refractivity contribution in [1.82, 2.24) is 9.80 Å². The zero-order valence-corrected chi connectivity index (χ0v) is 13.6. The van der Waals surface area contributed by atoms with Crippen LogP contribution in [-0.2, 0) is 4.74 Å². The standard InChI is InChI=1S/C16H33N3O/c1-14(2)11-18-8-5-16(13-17,6-9-18)19-7-4-10-20-15(3)12-19/h14-15H,4-13,17H2,1-3H3. The number of nitrogens with two attached hydrogens (primary N) is 1. The highest BCUT2D eigenvalue weighted by Gasteiger charge is 2.39. The zero-order chi connectivity index (χ0) is 14.6. The summed E-state index contributed by atoms with van der Waals surface area (Å²) in [5.41, 5.74) is 6.43. The topological polar surface area (TPSA) is 41.7 Å². The zero-order valence-electron chi connectivity index (χ0n) is 13.6. The highest BCUT2D eigenvalue weighted by atomic mass is 16.5. The van der Waals surface area contributed by atoms with Crippen molar-refractivity contribution >= 4 is 0 Å². The Balaban J connectivity index is 1.96. The molecule has 4 nitrogen and oxygen atoms in total. The molecule has 20 heavy (non-hydrogen) atoms. The normalized spacial score (nSPS) is 29.6. The van der Waals surface area contributed by atoms with Gasteiger partial charge in [-0.2, -0.15) is 0 Å². The van der Waals surface area contributed by atoms with Crippen LogP contribution >= 0.6 is 0 Å². The Morgan fingerprint density at radius 1 is 1.25 bits per heavy atom. The first-order chi connectivity index (χ1) is 9.55. The summed E-state index contributed by atoms with van der Waals surface area (Å²) in [6, 6.07) is 0. The molecular weight excluding hydrogens is 250 g/mol. The molecule has 2 fully saturated rings. The van der Waals surface area contributed by atoms with E-state index in [0.717, 1.165) is 38.6 Å². The van der Waals surface area contributed by atoms with E-state index < -0.39 is 0 Å². The maximum Gasteiger partial charge on any atom is 0.0674 e. The summed E-state index contributed by atoms with van der Waals surface area (Å²) in [6.07, 6.45) is 3.91. The van der Waals surface area contributed by atoms with Crippen molar-refractivity contribution in [2.45, 2.75) is 51.7 Å². The molecular formula is C16H33N3O. The summed E-state index contributed by atoms with van der Waals surface area (Å²) in [5.74, 6) is 0.756. The van der Waals surface area contributed by atoms with Gasteiger partial charge in [-0.3, -0.25) is 4.90 Å². The third-order valence-corrected chi connectivity index (χ3v) is 4.91. The van der Waals surface area contributed by atoms with Crippen LogP contribution < -0.4 is 5.73 Å². The molecule has 2 saturated heterocycles. The minimum atomic E-state index is 0.218. The molecule has 0 spiro atoms. The fourth-order valence-electron chi connectivity index (χ4n) is 3.74. The number of piperidine rings is 1. The fourth-order valence-corrected chi connectivity index (χ4v) is 3.74. The highest BCUT2D eigenvalue weighted by molar-refractivity contribution is 4.97. The molecule has 1 atom stereocenters. The third kappa shape index (κ3) is 3.94. The van der Waals surface area contributed by atoms with Crippen LogP contribution in [0, 0.1) is 5.92 Å². The van der Waals surface area contributed by atoms with E-state index in [2.05, 4.69) is 30.6 Å². The first-order valence-electron chi connectivity index (χ1n) is 8.35. The van der Waals surface area contributed by atoms with Gasteiger partial charge in [-0.15, -0.1) is 0 Å². The number of rotatable bonds is 4. The second-order valence-electron chi connectivity index (χ2n) is 7.10. The molecule has 0 aromatic heterocycles. The lowest BCUT2D eigenvalue weighted by molar-refractivity contribution is 0.00311. The molecule has 1 unspecified atom stereocenters. The molecule has 0 aliphatic carbocycles. The lowest BCUT2D eigenvalue weighted by atomic mass is 9.85. The Labute approximate surface area is 124 Å². The van der Waals surface area contributed by atoms with Crippen molar-refractivity contribution in [1.29, 1.82) is 0 Å². The first-order valence-corrected chi connectivity index (χ1v) is 8.35. The van der Waals surface area contributed by atoms with Gasteiger partial charge in [0.05, 0.1) is 6.10 Å². The van der Waals surface area contributed by atoms with Gasteiger partial charge in [-0.1, -0.05) is 13.8 Å². The highest BCUT2D eigenvalue weighted by Crippen LogP contribution is 2.30. The molecule has 2 aliphatic heterocycles. The van der Waals surface area contributed by atoms with E-state index >= 15 is 0 Å². The molecule has 118 valence electrons. The monoisotopic (exact) mass is 283 g/mol. The van der Waals surface area contributed by atoms with Gasteiger partial charge in [0, 0.05) is 38.3 Å². The maximum absolute atomic E-state index is 6.21. The maximum atomic E-state index is 6.21. The van der Waals surface area contributed by atoms with Crippen LogP contribution in [0.4, 0.5) is 0 Å². The summed E-state index contributed by atoms with van der Waals surface area (Å²) >= 11 is 0. The van der Waals surface area contributed by atoms with Crippen molar-refractivity contribution in [2.24, 2.45) is 11.7 Å². The van der Waals surface area contributed by atoms with Crippen LogP contribution in [0.25, 0.3) is 0 Å². The minimum absolute atomic E-state index is 0.218. The second-order valence-corrected chi connectivity index (χ2v) is 7.10. The van der Waals surface area contributed by atoms with Crippen molar-refractivity contribution in [2.75, 3.05) is 45.9 Å². The number of likely N-dealkylation sites (tertiary alicyclic amines) is 1. The van der Waals surface area contributed by atoms with Gasteiger partial charge in [0.2, 0.25) is 0 Å². The van der Waals surface area contributed by atoms with Crippen molar-refractivity contribution < 1.29 is 4.74 Å². The Hall–Kier alpha value is -0.160. The SMILES string of the molecule is CC(C)CN1CCC(CN)(N2CCCOC(C)C2)CC1. The van der Waals surface area contributed by atoms with E-state index in [1.165, 1.54) is 32.5 Å². The number of hydrogen-bond acceptors (Lipinski definition) is 4. The van der Waals surface area contributed by atoms with E-state index in [-0.39, 0.29) is 5.54 Å². The van der Waals surface area contributed by atoms with E-state index in [0.29, 0.717) is 6.10 Å². The van der Waals surface area contributed by atoms with Gasteiger partial charge < -0.3 is 15.4 Å². The molecule has 0 radical (unpaired) electrons. The van der Waals surface area contributed by atoms with E-state index in [9.17, 15) is 0 Å². The number of hydrogen-bond donors (Lipinski definition) is 1. The van der Waals surface area contributed by atoms with Crippen LogP contribution in [0.1, 0.15) is 40.0 Å². The van der Waals surface area contributed by atoms with Crippen molar-refractivity contribution in [3.63, 3.8) is 0 Å². The van der Waals surface area contributed by atoms with Crippen molar-refractivity contribution in [3.05, 3.63) is 0 Å². The number of ether oxygens (including phenoxy) is 1. The Kier molecular flexibility index (Phi) is 5.84. The lowest BCUT2D eigenvalue weighted by Gasteiger charge is -2.49. The van der Waals surface area contributed by atoms with Crippen LogP contribution in [0.2, 0.25) is 0 Å². The molecule has 4 heteroatoms. The van der Waals surface area contributed by atoms with Gasteiger partial charge in [-0.05, 0) is 45.2 Å². The molecule has 2 N–H and O–H groups in total. The largest absolute Gasteiger partial charge is 0.377 e. The van der Waals surface area contributed by atoms with Gasteiger partial charge in [-0.25, -0.2) is 0 Å². The predicted molar refractivity (Wildman–Crippen MR) is 83.9 cm³/mol. The molecule has 2 aliphatic rings. The molecule has 0 aromatic carbocycles. The van der Waals surface area contributed by atoms with E-state index in [1.807, 2.05) is 0 Å². The first kappa shape index (κ1) is 16.2. The van der Waals surface area contributed by atoms with Crippen molar-refractivity contribution in [3.8, 4) is 0 Å². The Morgan fingerprint density at radius 2 is 1.95 bits per heavy atom. The minimum Gasteiger partial charge on any atom is -0.377 e. The fraction of sp³-hybridized carbons (Fsp3) is 1.00. The van der Waals surface area contributed by atoms with Gasteiger partial charge in [0.25, 0.3) is 0 Å². The lowest BCUT2D eigenvalue weighted by Crippen LogP contribution is -2.60. The van der Waals surface area contributed by atoms with Gasteiger partial charge in [0.1, 0.15) is 0 Å². The average Bonchev–Trinajstić information content (AvgIpc) is 2.64. The van der Waals surface area contributed by atoms with Gasteiger partial charge in [0.15, 0.2) is 0 Å². The van der Waals surface area contributed by atoms with Crippen LogP contribution in [-0.4, -0.2) is 67.3 Å². The Morgan fingerprint density at radius 3 is 2.55 bits per heavy atom. The van der Waals surface area contributed by atoms with Crippen LogP contribution in [0.5, 0.6) is 0 Å². The molecule has 0 aromatic rings. The smallest absolute Gasteiger partial charge is 0.0674 e. The van der Waals surface area contributed by atoms with Gasteiger partial charge >= 0.3 is 0 Å². The number of nitrogens with zero attached hydrogens (tertiary/aromatic N) is 2. The Bertz CT molecular complexity index is 287. The van der Waals surface area contributed by atoms with Crippen LogP contribution in [0.15, 0.2) is 0 Å². The summed E-state index contributed by atoms with van der Waals surface area (Å²) in [5, 5.41) is 0. The summed E-state index contributed by atoms with van der Waals surface area (Å²) in [7, 11) is 0. The average molecular weight is 283 g/mol.